The molecule has 0 aliphatic heterocycles. The Morgan fingerprint density at radius 3 is 2.43 bits per heavy atom. The number of methoxy groups -OCH3 is 1. The van der Waals surface area contributed by atoms with Crippen LogP contribution in [0.3, 0.4) is 0 Å². The van der Waals surface area contributed by atoms with E-state index < -0.39 is 0 Å². The largest absolute Gasteiger partial charge is 0.495 e. The first-order chi connectivity index (χ1) is 11.0. The molecule has 0 aliphatic carbocycles. The number of anilines is 3. The molecule has 0 aromatic heterocycles. The molecule has 0 heterocycles. The zero-order valence-corrected chi connectivity index (χ0v) is 14.3. The van der Waals surface area contributed by atoms with Crippen LogP contribution in [0.2, 0.25) is 5.02 Å². The SMILES string of the molecule is CCCC(=O)Nc1ccc(Nc2cc(C)c(Cl)cc2OC)cc1. The Kier molecular flexibility index (Phi) is 5.88. The Morgan fingerprint density at radius 1 is 1.17 bits per heavy atom. The molecule has 0 atom stereocenters. The average Bonchev–Trinajstić information content (AvgIpc) is 2.52. The average molecular weight is 333 g/mol. The van der Waals surface area contributed by atoms with Gasteiger partial charge >= 0.3 is 0 Å². The molecule has 122 valence electrons. The molecule has 0 aliphatic rings. The van der Waals surface area contributed by atoms with Gasteiger partial charge in [0.05, 0.1) is 12.8 Å². The molecule has 0 unspecified atom stereocenters. The van der Waals surface area contributed by atoms with E-state index in [2.05, 4.69) is 10.6 Å². The molecule has 0 spiro atoms. The van der Waals surface area contributed by atoms with E-state index in [1.54, 1.807) is 13.2 Å². The summed E-state index contributed by atoms with van der Waals surface area (Å²) in [6.45, 7) is 3.92. The van der Waals surface area contributed by atoms with Gasteiger partial charge in [-0.3, -0.25) is 4.79 Å². The first-order valence-corrected chi connectivity index (χ1v) is 7.92. The van der Waals surface area contributed by atoms with Crippen molar-refractivity contribution in [2.24, 2.45) is 0 Å². The van der Waals surface area contributed by atoms with Crippen LogP contribution in [0.4, 0.5) is 17.1 Å². The van der Waals surface area contributed by atoms with Gasteiger partial charge in [0.1, 0.15) is 5.75 Å². The molecule has 2 rings (SSSR count). The number of halogens is 1. The highest BCUT2D eigenvalue weighted by Gasteiger charge is 2.07. The van der Waals surface area contributed by atoms with Gasteiger partial charge in [0.15, 0.2) is 0 Å². The second kappa shape index (κ2) is 7.88. The van der Waals surface area contributed by atoms with Crippen LogP contribution in [0, 0.1) is 6.92 Å². The molecular formula is C18H21ClN2O2. The van der Waals surface area contributed by atoms with E-state index in [1.807, 2.05) is 44.2 Å². The topological polar surface area (TPSA) is 50.4 Å². The van der Waals surface area contributed by atoms with Crippen LogP contribution in [0.1, 0.15) is 25.3 Å². The molecule has 0 fully saturated rings. The monoisotopic (exact) mass is 332 g/mol. The zero-order valence-electron chi connectivity index (χ0n) is 13.6. The van der Waals surface area contributed by atoms with Crippen molar-refractivity contribution in [2.75, 3.05) is 17.7 Å². The number of ether oxygens (including phenoxy) is 1. The highest BCUT2D eigenvalue weighted by Crippen LogP contribution is 2.33. The minimum atomic E-state index is 0.0307. The van der Waals surface area contributed by atoms with Gasteiger partial charge < -0.3 is 15.4 Å². The maximum atomic E-state index is 11.6. The van der Waals surface area contributed by atoms with Crippen molar-refractivity contribution in [1.82, 2.24) is 0 Å². The molecule has 1 amide bonds. The Balaban J connectivity index is 2.12. The fourth-order valence-corrected chi connectivity index (χ4v) is 2.33. The Labute approximate surface area is 141 Å². The highest BCUT2D eigenvalue weighted by atomic mass is 35.5. The van der Waals surface area contributed by atoms with Crippen LogP contribution in [0.15, 0.2) is 36.4 Å². The highest BCUT2D eigenvalue weighted by molar-refractivity contribution is 6.31. The number of carbonyl (C=O) groups excluding carboxylic acids is 1. The maximum Gasteiger partial charge on any atom is 0.224 e. The summed E-state index contributed by atoms with van der Waals surface area (Å²) >= 11 is 6.11. The molecule has 0 radical (unpaired) electrons. The lowest BCUT2D eigenvalue weighted by atomic mass is 10.2. The summed E-state index contributed by atoms with van der Waals surface area (Å²) in [6.07, 6.45) is 1.36. The number of nitrogens with one attached hydrogen (secondary N) is 2. The molecule has 5 heteroatoms. The van der Waals surface area contributed by atoms with Gasteiger partial charge in [-0.2, -0.15) is 0 Å². The summed E-state index contributed by atoms with van der Waals surface area (Å²) < 4.78 is 5.35. The number of carbonyl (C=O) groups is 1. The third kappa shape index (κ3) is 4.63. The molecule has 0 saturated carbocycles. The lowest BCUT2D eigenvalue weighted by molar-refractivity contribution is -0.116. The number of hydrogen-bond acceptors (Lipinski definition) is 3. The van der Waals surface area contributed by atoms with Gasteiger partial charge in [-0.25, -0.2) is 0 Å². The van der Waals surface area contributed by atoms with E-state index in [4.69, 9.17) is 16.3 Å². The van der Waals surface area contributed by atoms with Crippen molar-refractivity contribution in [2.45, 2.75) is 26.7 Å². The first kappa shape index (κ1) is 17.2. The van der Waals surface area contributed by atoms with Gasteiger partial charge in [-0.1, -0.05) is 18.5 Å². The molecule has 2 aromatic rings. The molecule has 0 saturated heterocycles. The van der Waals surface area contributed by atoms with Gasteiger partial charge in [0, 0.05) is 28.9 Å². The maximum absolute atomic E-state index is 11.6. The molecule has 0 bridgehead atoms. The van der Waals surface area contributed by atoms with E-state index in [0.29, 0.717) is 17.2 Å². The summed E-state index contributed by atoms with van der Waals surface area (Å²) in [5.74, 6) is 0.712. The Bertz CT molecular complexity index is 684. The predicted octanol–water partition coefficient (Wildman–Crippen LogP) is 5.14. The summed E-state index contributed by atoms with van der Waals surface area (Å²) in [7, 11) is 1.61. The predicted molar refractivity (Wildman–Crippen MR) is 96.0 cm³/mol. The summed E-state index contributed by atoms with van der Waals surface area (Å²) in [4.78, 5) is 11.6. The van der Waals surface area contributed by atoms with Gasteiger partial charge in [0.2, 0.25) is 5.91 Å². The van der Waals surface area contributed by atoms with Gasteiger partial charge in [-0.05, 0) is 49.2 Å². The minimum Gasteiger partial charge on any atom is -0.495 e. The van der Waals surface area contributed by atoms with Crippen LogP contribution in [-0.2, 0) is 4.79 Å². The van der Waals surface area contributed by atoms with Crippen molar-refractivity contribution in [3.63, 3.8) is 0 Å². The van der Waals surface area contributed by atoms with Crippen molar-refractivity contribution in [3.8, 4) is 5.75 Å². The second-order valence-electron chi connectivity index (χ2n) is 5.30. The molecule has 2 aromatic carbocycles. The number of benzene rings is 2. The second-order valence-corrected chi connectivity index (χ2v) is 5.71. The Hall–Kier alpha value is -2.20. The van der Waals surface area contributed by atoms with E-state index >= 15 is 0 Å². The normalized spacial score (nSPS) is 10.3. The number of aryl methyl sites for hydroxylation is 1. The fourth-order valence-electron chi connectivity index (χ4n) is 2.17. The van der Waals surface area contributed by atoms with Crippen LogP contribution in [-0.4, -0.2) is 13.0 Å². The van der Waals surface area contributed by atoms with Crippen molar-refractivity contribution < 1.29 is 9.53 Å². The summed E-state index contributed by atoms with van der Waals surface area (Å²) in [5.41, 5.74) is 3.50. The molecule has 2 N–H and O–H groups in total. The van der Waals surface area contributed by atoms with Crippen LogP contribution in [0.25, 0.3) is 0 Å². The lowest BCUT2D eigenvalue weighted by Gasteiger charge is -2.13. The lowest BCUT2D eigenvalue weighted by Crippen LogP contribution is -2.10. The van der Waals surface area contributed by atoms with Crippen LogP contribution >= 0.6 is 11.6 Å². The van der Waals surface area contributed by atoms with E-state index in [0.717, 1.165) is 29.0 Å². The fraction of sp³-hybridized carbons (Fsp3) is 0.278. The van der Waals surface area contributed by atoms with E-state index in [-0.39, 0.29) is 5.91 Å². The zero-order chi connectivity index (χ0) is 16.8. The number of hydrogen-bond donors (Lipinski definition) is 2. The number of rotatable bonds is 6. The number of amides is 1. The first-order valence-electron chi connectivity index (χ1n) is 7.54. The van der Waals surface area contributed by atoms with Crippen LogP contribution in [0.5, 0.6) is 5.75 Å². The third-order valence-corrected chi connectivity index (χ3v) is 3.81. The standard InChI is InChI=1S/C18H21ClN2O2/c1-4-5-18(22)21-14-8-6-13(7-9-14)20-16-10-12(2)15(19)11-17(16)23-3/h6-11,20H,4-5H2,1-3H3,(H,21,22). The summed E-state index contributed by atoms with van der Waals surface area (Å²) in [6, 6.07) is 11.3. The Morgan fingerprint density at radius 2 is 1.83 bits per heavy atom. The minimum absolute atomic E-state index is 0.0307. The summed E-state index contributed by atoms with van der Waals surface area (Å²) in [5, 5.41) is 6.83. The van der Waals surface area contributed by atoms with Crippen molar-refractivity contribution >= 4 is 34.6 Å². The van der Waals surface area contributed by atoms with E-state index in [9.17, 15) is 4.79 Å². The van der Waals surface area contributed by atoms with Crippen molar-refractivity contribution in [1.29, 1.82) is 0 Å². The van der Waals surface area contributed by atoms with Crippen molar-refractivity contribution in [3.05, 3.63) is 47.0 Å². The molecular weight excluding hydrogens is 312 g/mol. The quantitative estimate of drug-likeness (QED) is 0.770. The molecule has 23 heavy (non-hydrogen) atoms. The third-order valence-electron chi connectivity index (χ3n) is 3.41. The van der Waals surface area contributed by atoms with Gasteiger partial charge in [-0.15, -0.1) is 0 Å². The van der Waals surface area contributed by atoms with E-state index in [1.165, 1.54) is 0 Å². The molecule has 4 nitrogen and oxygen atoms in total. The van der Waals surface area contributed by atoms with Gasteiger partial charge in [0.25, 0.3) is 0 Å². The van der Waals surface area contributed by atoms with Crippen LogP contribution < -0.4 is 15.4 Å². The smallest absolute Gasteiger partial charge is 0.224 e.